The highest BCUT2D eigenvalue weighted by Gasteiger charge is 2.32. The van der Waals surface area contributed by atoms with Gasteiger partial charge < -0.3 is 9.15 Å². The van der Waals surface area contributed by atoms with Crippen molar-refractivity contribution in [1.82, 2.24) is 4.90 Å². The van der Waals surface area contributed by atoms with Crippen LogP contribution >= 0.6 is 0 Å². The molecule has 0 N–H and O–H groups in total. The largest absolute Gasteiger partial charge is 0.468 e. The molecule has 28 heavy (non-hydrogen) atoms. The van der Waals surface area contributed by atoms with Crippen LogP contribution in [0.15, 0.2) is 51.7 Å². The molecule has 2 aromatic carbocycles. The summed E-state index contributed by atoms with van der Waals surface area (Å²) in [5.41, 5.74) is 5.64. The summed E-state index contributed by atoms with van der Waals surface area (Å²) in [6, 6.07) is 13.2. The Balaban J connectivity index is 1.77. The molecule has 0 saturated carbocycles. The van der Waals surface area contributed by atoms with Crippen molar-refractivity contribution in [2.75, 3.05) is 7.11 Å². The van der Waals surface area contributed by atoms with Gasteiger partial charge in [0.15, 0.2) is 0 Å². The smallest absolute Gasteiger partial charge is 0.336 e. The summed E-state index contributed by atoms with van der Waals surface area (Å²) in [5, 5.41) is 0.908. The number of fused-ring (bicyclic) bond motifs is 2. The molecule has 5 heteroatoms. The summed E-state index contributed by atoms with van der Waals surface area (Å²) >= 11 is 0. The Bertz CT molecular complexity index is 1120. The van der Waals surface area contributed by atoms with Crippen molar-refractivity contribution in [2.45, 2.75) is 39.4 Å². The highest BCUT2D eigenvalue weighted by molar-refractivity contribution is 5.82. The van der Waals surface area contributed by atoms with E-state index in [1.54, 1.807) is 0 Å². The molecule has 1 aromatic heterocycles. The van der Waals surface area contributed by atoms with Crippen LogP contribution < -0.4 is 5.63 Å². The number of nitrogens with zero attached hydrogens (tertiary/aromatic N) is 1. The van der Waals surface area contributed by atoms with Gasteiger partial charge in [0.25, 0.3) is 0 Å². The number of carbonyl (C=O) groups is 1. The van der Waals surface area contributed by atoms with E-state index in [-0.39, 0.29) is 17.6 Å². The number of hydrogen-bond donors (Lipinski definition) is 0. The molecule has 0 aliphatic carbocycles. The van der Waals surface area contributed by atoms with Gasteiger partial charge in [-0.15, -0.1) is 0 Å². The van der Waals surface area contributed by atoms with Crippen molar-refractivity contribution < 1.29 is 13.9 Å². The Morgan fingerprint density at radius 2 is 1.86 bits per heavy atom. The van der Waals surface area contributed by atoms with Gasteiger partial charge in [0.05, 0.1) is 7.11 Å². The zero-order valence-corrected chi connectivity index (χ0v) is 16.3. The lowest BCUT2D eigenvalue weighted by atomic mass is 9.93. The average Bonchev–Trinajstić information content (AvgIpc) is 2.68. The predicted octanol–water partition coefficient (Wildman–Crippen LogP) is 3.51. The van der Waals surface area contributed by atoms with Crippen LogP contribution in [0, 0.1) is 13.8 Å². The molecule has 0 unspecified atom stereocenters. The number of aryl methyl sites for hydroxylation is 2. The van der Waals surface area contributed by atoms with Crippen molar-refractivity contribution in [1.29, 1.82) is 0 Å². The number of methoxy groups -OCH3 is 1. The van der Waals surface area contributed by atoms with E-state index in [2.05, 4.69) is 17.0 Å². The zero-order valence-electron chi connectivity index (χ0n) is 16.3. The van der Waals surface area contributed by atoms with E-state index in [0.29, 0.717) is 25.1 Å². The standard InChI is InChI=1S/C23H23NO4/c1-14-8-19-18(11-22(25)28-21(19)9-15(14)2)13-24-12-17-7-5-4-6-16(17)10-20(24)23(26)27-3/h4-9,11,20H,10,12-13H2,1-3H3/t20-/m1/s1. The third kappa shape index (κ3) is 3.34. The van der Waals surface area contributed by atoms with Gasteiger partial charge in [-0.25, -0.2) is 4.79 Å². The maximum absolute atomic E-state index is 12.5. The minimum atomic E-state index is -0.381. The maximum atomic E-state index is 12.5. The predicted molar refractivity (Wildman–Crippen MR) is 107 cm³/mol. The van der Waals surface area contributed by atoms with Crippen LogP contribution in [0.1, 0.15) is 27.8 Å². The molecule has 0 saturated heterocycles. The monoisotopic (exact) mass is 377 g/mol. The fourth-order valence-corrected chi connectivity index (χ4v) is 3.94. The summed E-state index contributed by atoms with van der Waals surface area (Å²) in [4.78, 5) is 26.7. The van der Waals surface area contributed by atoms with Gasteiger partial charge in [-0.05, 0) is 60.2 Å². The number of rotatable bonds is 3. The SMILES string of the molecule is COC(=O)[C@H]1Cc2ccccc2CN1Cc1cc(=O)oc2cc(C)c(C)cc12. The summed E-state index contributed by atoms with van der Waals surface area (Å²) < 4.78 is 10.5. The van der Waals surface area contributed by atoms with Crippen molar-refractivity contribution in [3.05, 3.63) is 80.7 Å². The summed E-state index contributed by atoms with van der Waals surface area (Å²) in [6.45, 7) is 5.13. The lowest BCUT2D eigenvalue weighted by Crippen LogP contribution is -2.45. The van der Waals surface area contributed by atoms with E-state index in [0.717, 1.165) is 27.6 Å². The highest BCUT2D eigenvalue weighted by Crippen LogP contribution is 2.28. The van der Waals surface area contributed by atoms with E-state index in [4.69, 9.17) is 9.15 Å². The van der Waals surface area contributed by atoms with Crippen LogP contribution in [-0.4, -0.2) is 24.0 Å². The van der Waals surface area contributed by atoms with Gasteiger partial charge in [0, 0.05) is 24.5 Å². The molecular formula is C23H23NO4. The topological polar surface area (TPSA) is 59.8 Å². The molecule has 1 aliphatic heterocycles. The fourth-order valence-electron chi connectivity index (χ4n) is 3.94. The molecule has 1 atom stereocenters. The molecule has 0 spiro atoms. The first kappa shape index (κ1) is 18.4. The minimum absolute atomic E-state index is 0.256. The Morgan fingerprint density at radius 3 is 2.61 bits per heavy atom. The number of hydrogen-bond acceptors (Lipinski definition) is 5. The molecule has 0 fully saturated rings. The van der Waals surface area contributed by atoms with Gasteiger partial charge in [0.1, 0.15) is 11.6 Å². The number of benzene rings is 2. The van der Waals surface area contributed by atoms with E-state index in [1.807, 2.05) is 38.1 Å². The second-order valence-electron chi connectivity index (χ2n) is 7.44. The third-order valence-corrected chi connectivity index (χ3v) is 5.64. The number of esters is 1. The summed E-state index contributed by atoms with van der Waals surface area (Å²) in [5.74, 6) is -0.256. The fraction of sp³-hybridized carbons (Fsp3) is 0.304. The van der Waals surface area contributed by atoms with E-state index in [1.165, 1.54) is 18.7 Å². The Hall–Kier alpha value is -2.92. The molecule has 1 aliphatic rings. The first-order chi connectivity index (χ1) is 13.5. The minimum Gasteiger partial charge on any atom is -0.468 e. The molecule has 5 nitrogen and oxygen atoms in total. The maximum Gasteiger partial charge on any atom is 0.336 e. The summed E-state index contributed by atoms with van der Waals surface area (Å²) in [6.07, 6.45) is 0.598. The van der Waals surface area contributed by atoms with Crippen LogP contribution in [0.3, 0.4) is 0 Å². The van der Waals surface area contributed by atoms with Gasteiger partial charge in [0.2, 0.25) is 0 Å². The van der Waals surface area contributed by atoms with Crippen molar-refractivity contribution in [2.24, 2.45) is 0 Å². The molecule has 4 rings (SSSR count). The zero-order chi connectivity index (χ0) is 19.8. The molecule has 0 bridgehead atoms. The third-order valence-electron chi connectivity index (χ3n) is 5.64. The van der Waals surface area contributed by atoms with Gasteiger partial charge in [-0.2, -0.15) is 0 Å². The van der Waals surface area contributed by atoms with Gasteiger partial charge in [-0.1, -0.05) is 24.3 Å². The Kier molecular flexibility index (Phi) is 4.77. The number of carbonyl (C=O) groups excluding carboxylic acids is 1. The molecule has 0 radical (unpaired) electrons. The molecule has 0 amide bonds. The van der Waals surface area contributed by atoms with Crippen molar-refractivity contribution in [3.8, 4) is 0 Å². The van der Waals surface area contributed by atoms with Crippen molar-refractivity contribution in [3.63, 3.8) is 0 Å². The molecule has 144 valence electrons. The molecule has 2 heterocycles. The van der Waals surface area contributed by atoms with Gasteiger partial charge >= 0.3 is 11.6 Å². The molecule has 3 aromatic rings. The first-order valence-electron chi connectivity index (χ1n) is 9.39. The van der Waals surface area contributed by atoms with Crippen LogP contribution in [-0.2, 0) is 29.0 Å². The van der Waals surface area contributed by atoms with E-state index in [9.17, 15) is 9.59 Å². The van der Waals surface area contributed by atoms with E-state index >= 15 is 0 Å². The molecular weight excluding hydrogens is 354 g/mol. The van der Waals surface area contributed by atoms with Crippen LogP contribution in [0.2, 0.25) is 0 Å². The lowest BCUT2D eigenvalue weighted by Gasteiger charge is -2.35. The number of ether oxygens (including phenoxy) is 1. The second kappa shape index (κ2) is 7.24. The average molecular weight is 377 g/mol. The second-order valence-corrected chi connectivity index (χ2v) is 7.44. The normalized spacial score (nSPS) is 16.8. The van der Waals surface area contributed by atoms with E-state index < -0.39 is 0 Å². The first-order valence-corrected chi connectivity index (χ1v) is 9.39. The lowest BCUT2D eigenvalue weighted by molar-refractivity contribution is -0.147. The Morgan fingerprint density at radius 1 is 1.14 bits per heavy atom. The van der Waals surface area contributed by atoms with Crippen molar-refractivity contribution >= 4 is 16.9 Å². The Labute approximate surface area is 163 Å². The van der Waals surface area contributed by atoms with Crippen LogP contribution in [0.5, 0.6) is 0 Å². The van der Waals surface area contributed by atoms with Gasteiger partial charge in [-0.3, -0.25) is 9.69 Å². The van der Waals surface area contributed by atoms with Crippen LogP contribution in [0.4, 0.5) is 0 Å². The van der Waals surface area contributed by atoms with Crippen LogP contribution in [0.25, 0.3) is 11.0 Å². The quantitative estimate of drug-likeness (QED) is 0.516. The highest BCUT2D eigenvalue weighted by atomic mass is 16.5. The summed E-state index contributed by atoms with van der Waals surface area (Å²) in [7, 11) is 1.42.